The number of rotatable bonds is 5. The number of aromatic nitrogens is 4. The van der Waals surface area contributed by atoms with Gasteiger partial charge in [-0.15, -0.1) is 0 Å². The molecule has 0 fully saturated rings. The van der Waals surface area contributed by atoms with E-state index in [1.807, 2.05) is 13.8 Å². The first-order chi connectivity index (χ1) is 13.1. The topological polar surface area (TPSA) is 119 Å². The third-order valence-electron chi connectivity index (χ3n) is 4.10. The van der Waals surface area contributed by atoms with Gasteiger partial charge in [0.15, 0.2) is 5.03 Å². The number of aryl methyl sites for hydroxylation is 1. The van der Waals surface area contributed by atoms with Gasteiger partial charge in [-0.25, -0.2) is 23.1 Å². The average Bonchev–Trinajstić information content (AvgIpc) is 2.64. The number of pyridine rings is 2. The molecule has 0 aliphatic carbocycles. The standard InChI is InChI=1S/C17H19ClN6O3S/c1-9(2)24-15-11(7-12(18)16(24)25)8-20-17(23-15)22-13-5-6-14(21-10(13)3)28(26,27)19-4/h5-9,19H,1-4H3,(H,20,22,23). The molecule has 0 aliphatic heterocycles. The molecule has 0 radical (unpaired) electrons. The first-order valence-corrected chi connectivity index (χ1v) is 10.3. The molecule has 0 aromatic carbocycles. The molecule has 3 rings (SSSR count). The molecule has 0 spiro atoms. The van der Waals surface area contributed by atoms with Crippen LogP contribution in [-0.2, 0) is 10.0 Å². The van der Waals surface area contributed by atoms with Crippen LogP contribution in [0.2, 0.25) is 5.02 Å². The van der Waals surface area contributed by atoms with Crippen LogP contribution in [-0.4, -0.2) is 35.0 Å². The van der Waals surface area contributed by atoms with Gasteiger partial charge in [0.2, 0.25) is 5.95 Å². The maximum absolute atomic E-state index is 12.4. The molecule has 0 aliphatic rings. The largest absolute Gasteiger partial charge is 0.323 e. The van der Waals surface area contributed by atoms with Gasteiger partial charge in [-0.05, 0) is 46.0 Å². The predicted molar refractivity (Wildman–Crippen MR) is 108 cm³/mol. The summed E-state index contributed by atoms with van der Waals surface area (Å²) >= 11 is 6.02. The molecular formula is C17H19ClN6O3S. The Kier molecular flexibility index (Phi) is 5.37. The van der Waals surface area contributed by atoms with Gasteiger partial charge >= 0.3 is 0 Å². The summed E-state index contributed by atoms with van der Waals surface area (Å²) < 4.78 is 27.5. The summed E-state index contributed by atoms with van der Waals surface area (Å²) in [5, 5.41) is 3.67. The van der Waals surface area contributed by atoms with E-state index >= 15 is 0 Å². The zero-order valence-corrected chi connectivity index (χ0v) is 17.3. The van der Waals surface area contributed by atoms with E-state index in [2.05, 4.69) is 25.0 Å². The highest BCUT2D eigenvalue weighted by Gasteiger charge is 2.16. The van der Waals surface area contributed by atoms with Crippen molar-refractivity contribution in [2.45, 2.75) is 31.8 Å². The normalized spacial score (nSPS) is 11.9. The Labute approximate surface area is 166 Å². The van der Waals surface area contributed by atoms with E-state index in [0.29, 0.717) is 22.4 Å². The monoisotopic (exact) mass is 422 g/mol. The lowest BCUT2D eigenvalue weighted by molar-refractivity contribution is 0.584. The van der Waals surface area contributed by atoms with Gasteiger partial charge in [-0.2, -0.15) is 4.98 Å². The van der Waals surface area contributed by atoms with Crippen molar-refractivity contribution in [1.29, 1.82) is 0 Å². The molecule has 0 amide bonds. The summed E-state index contributed by atoms with van der Waals surface area (Å²) in [5.41, 5.74) is 1.12. The van der Waals surface area contributed by atoms with Crippen molar-refractivity contribution in [3.63, 3.8) is 0 Å². The highest BCUT2D eigenvalue weighted by Crippen LogP contribution is 2.22. The minimum atomic E-state index is -3.63. The molecule has 0 unspecified atom stereocenters. The van der Waals surface area contributed by atoms with Crippen LogP contribution < -0.4 is 15.6 Å². The van der Waals surface area contributed by atoms with Crippen molar-refractivity contribution in [3.05, 3.63) is 45.5 Å². The summed E-state index contributed by atoms with van der Waals surface area (Å²) in [4.78, 5) is 25.2. The number of nitrogens with one attached hydrogen (secondary N) is 2. The fourth-order valence-electron chi connectivity index (χ4n) is 2.67. The van der Waals surface area contributed by atoms with Gasteiger partial charge in [0.25, 0.3) is 15.6 Å². The van der Waals surface area contributed by atoms with Gasteiger partial charge in [0.1, 0.15) is 10.7 Å². The molecule has 3 aromatic rings. The van der Waals surface area contributed by atoms with Gasteiger partial charge in [0, 0.05) is 17.6 Å². The van der Waals surface area contributed by atoms with Crippen LogP contribution in [0.25, 0.3) is 11.0 Å². The Morgan fingerprint density at radius 1 is 1.21 bits per heavy atom. The SMILES string of the molecule is CNS(=O)(=O)c1ccc(Nc2ncc3cc(Cl)c(=O)n(C(C)C)c3n2)c(C)n1. The first-order valence-electron chi connectivity index (χ1n) is 8.40. The van der Waals surface area contributed by atoms with Crippen molar-refractivity contribution >= 4 is 44.3 Å². The maximum Gasteiger partial charge on any atom is 0.271 e. The number of fused-ring (bicyclic) bond motifs is 1. The van der Waals surface area contributed by atoms with E-state index in [9.17, 15) is 13.2 Å². The smallest absolute Gasteiger partial charge is 0.271 e. The molecule has 0 bridgehead atoms. The molecule has 28 heavy (non-hydrogen) atoms. The van der Waals surface area contributed by atoms with E-state index in [-0.39, 0.29) is 27.6 Å². The summed E-state index contributed by atoms with van der Waals surface area (Å²) in [6.45, 7) is 5.39. The van der Waals surface area contributed by atoms with Gasteiger partial charge in [0.05, 0.1) is 11.4 Å². The van der Waals surface area contributed by atoms with E-state index < -0.39 is 10.0 Å². The number of hydrogen-bond acceptors (Lipinski definition) is 7. The van der Waals surface area contributed by atoms with Crippen molar-refractivity contribution in [1.82, 2.24) is 24.2 Å². The first kappa shape index (κ1) is 20.2. The minimum Gasteiger partial charge on any atom is -0.323 e. The number of anilines is 2. The van der Waals surface area contributed by atoms with Crippen LogP contribution in [0.4, 0.5) is 11.6 Å². The summed E-state index contributed by atoms with van der Waals surface area (Å²) in [5.74, 6) is 0.248. The Morgan fingerprint density at radius 2 is 1.93 bits per heavy atom. The zero-order chi connectivity index (χ0) is 20.6. The minimum absolute atomic E-state index is 0.0826. The fourth-order valence-corrected chi connectivity index (χ4v) is 3.59. The predicted octanol–water partition coefficient (Wildman–Crippen LogP) is 2.38. The average molecular weight is 423 g/mol. The second kappa shape index (κ2) is 7.46. The van der Waals surface area contributed by atoms with Crippen LogP contribution in [0.5, 0.6) is 0 Å². The second-order valence-electron chi connectivity index (χ2n) is 6.35. The summed E-state index contributed by atoms with van der Waals surface area (Å²) in [6, 6.07) is 4.35. The lowest BCUT2D eigenvalue weighted by atomic mass is 10.3. The van der Waals surface area contributed by atoms with Gasteiger partial charge in [-0.1, -0.05) is 11.6 Å². The van der Waals surface area contributed by atoms with Crippen molar-refractivity contribution in [2.75, 3.05) is 12.4 Å². The van der Waals surface area contributed by atoms with E-state index in [0.717, 1.165) is 0 Å². The quantitative estimate of drug-likeness (QED) is 0.647. The van der Waals surface area contributed by atoms with Crippen LogP contribution in [0, 0.1) is 6.92 Å². The third-order valence-corrected chi connectivity index (χ3v) is 5.68. The molecule has 2 N–H and O–H groups in total. The molecule has 11 heteroatoms. The summed E-state index contributed by atoms with van der Waals surface area (Å²) in [7, 11) is -2.31. The molecule has 3 aromatic heterocycles. The van der Waals surface area contributed by atoms with Crippen molar-refractivity contribution in [3.8, 4) is 0 Å². The molecule has 0 atom stereocenters. The van der Waals surface area contributed by atoms with E-state index in [1.165, 1.54) is 23.7 Å². The zero-order valence-electron chi connectivity index (χ0n) is 15.7. The van der Waals surface area contributed by atoms with Crippen molar-refractivity contribution < 1.29 is 8.42 Å². The van der Waals surface area contributed by atoms with Crippen molar-refractivity contribution in [2.24, 2.45) is 0 Å². The Bertz CT molecular complexity index is 1220. The van der Waals surface area contributed by atoms with Crippen LogP contribution >= 0.6 is 11.6 Å². The Hall–Kier alpha value is -2.56. The number of hydrogen-bond donors (Lipinski definition) is 2. The highest BCUT2D eigenvalue weighted by atomic mass is 35.5. The van der Waals surface area contributed by atoms with E-state index in [1.54, 1.807) is 19.2 Å². The lowest BCUT2D eigenvalue weighted by Gasteiger charge is -2.15. The highest BCUT2D eigenvalue weighted by molar-refractivity contribution is 7.89. The summed E-state index contributed by atoms with van der Waals surface area (Å²) in [6.07, 6.45) is 1.57. The molecule has 9 nitrogen and oxygen atoms in total. The Balaban J connectivity index is 2.05. The van der Waals surface area contributed by atoms with Gasteiger partial charge < -0.3 is 5.32 Å². The molecule has 148 valence electrons. The van der Waals surface area contributed by atoms with Crippen LogP contribution in [0.15, 0.2) is 34.2 Å². The lowest BCUT2D eigenvalue weighted by Crippen LogP contribution is -2.23. The number of nitrogens with zero attached hydrogens (tertiary/aromatic N) is 4. The molecule has 0 saturated heterocycles. The number of sulfonamides is 1. The second-order valence-corrected chi connectivity index (χ2v) is 8.59. The Morgan fingerprint density at radius 3 is 2.54 bits per heavy atom. The third kappa shape index (κ3) is 3.71. The maximum atomic E-state index is 12.4. The van der Waals surface area contributed by atoms with Gasteiger partial charge in [-0.3, -0.25) is 9.36 Å². The van der Waals surface area contributed by atoms with Crippen LogP contribution in [0.1, 0.15) is 25.6 Å². The molecule has 3 heterocycles. The number of halogens is 1. The fraction of sp³-hybridized carbons (Fsp3) is 0.294. The molecule has 0 saturated carbocycles. The van der Waals surface area contributed by atoms with Crippen LogP contribution in [0.3, 0.4) is 0 Å². The molecular weight excluding hydrogens is 404 g/mol. The van der Waals surface area contributed by atoms with E-state index in [4.69, 9.17) is 11.6 Å².